The van der Waals surface area contributed by atoms with Crippen LogP contribution in [0.1, 0.15) is 53.4 Å². The zero-order chi connectivity index (χ0) is 11.5. The van der Waals surface area contributed by atoms with Gasteiger partial charge < -0.3 is 10.1 Å². The number of ether oxygens (including phenoxy) is 1. The Balaban J connectivity index is 2.36. The standard InChI is InChI=1S/C12H23NO2/c1-9-7-5-6-8-10(9)13-11(14)15-12(2,3)4/h9-10H,5-8H2,1-4H3,(H,13,14)/t9?,10-/m1/s1. The third-order valence-corrected chi connectivity index (χ3v) is 2.81. The molecule has 0 heterocycles. The Hall–Kier alpha value is -0.730. The fourth-order valence-corrected chi connectivity index (χ4v) is 1.99. The molecule has 1 aliphatic rings. The van der Waals surface area contributed by atoms with Gasteiger partial charge in [0.15, 0.2) is 0 Å². The molecule has 88 valence electrons. The molecule has 1 saturated carbocycles. The zero-order valence-electron chi connectivity index (χ0n) is 10.3. The molecule has 3 heteroatoms. The van der Waals surface area contributed by atoms with Crippen LogP contribution in [0.4, 0.5) is 4.79 Å². The lowest BCUT2D eigenvalue weighted by Gasteiger charge is -2.30. The monoisotopic (exact) mass is 213 g/mol. The number of amides is 1. The Morgan fingerprint density at radius 3 is 2.40 bits per heavy atom. The van der Waals surface area contributed by atoms with Crippen LogP contribution in [-0.4, -0.2) is 17.7 Å². The largest absolute Gasteiger partial charge is 0.444 e. The van der Waals surface area contributed by atoms with Gasteiger partial charge in [-0.1, -0.05) is 19.8 Å². The second-order valence-corrected chi connectivity index (χ2v) is 5.51. The van der Waals surface area contributed by atoms with Crippen molar-refractivity contribution in [3.05, 3.63) is 0 Å². The highest BCUT2D eigenvalue weighted by molar-refractivity contribution is 5.68. The normalized spacial score (nSPS) is 27.2. The Kier molecular flexibility index (Phi) is 4.00. The number of nitrogens with one attached hydrogen (secondary N) is 1. The highest BCUT2D eigenvalue weighted by Gasteiger charge is 2.25. The number of hydrogen-bond donors (Lipinski definition) is 1. The van der Waals surface area contributed by atoms with Gasteiger partial charge in [0.05, 0.1) is 0 Å². The van der Waals surface area contributed by atoms with Crippen LogP contribution in [0.3, 0.4) is 0 Å². The summed E-state index contributed by atoms with van der Waals surface area (Å²) in [4.78, 5) is 11.5. The average Bonchev–Trinajstić information content (AvgIpc) is 2.05. The molecule has 1 amide bonds. The van der Waals surface area contributed by atoms with Gasteiger partial charge >= 0.3 is 6.09 Å². The van der Waals surface area contributed by atoms with Gasteiger partial charge in [-0.05, 0) is 39.5 Å². The molecule has 15 heavy (non-hydrogen) atoms. The summed E-state index contributed by atoms with van der Waals surface area (Å²) in [6.07, 6.45) is 4.51. The van der Waals surface area contributed by atoms with Crippen LogP contribution >= 0.6 is 0 Å². The summed E-state index contributed by atoms with van der Waals surface area (Å²) in [5.74, 6) is 0.575. The molecule has 1 fully saturated rings. The maximum Gasteiger partial charge on any atom is 0.407 e. The third kappa shape index (κ3) is 4.54. The average molecular weight is 213 g/mol. The van der Waals surface area contributed by atoms with E-state index in [0.717, 1.165) is 6.42 Å². The minimum atomic E-state index is -0.401. The van der Waals surface area contributed by atoms with Crippen molar-refractivity contribution >= 4 is 6.09 Å². The molecule has 0 spiro atoms. The van der Waals surface area contributed by atoms with Gasteiger partial charge in [0.25, 0.3) is 0 Å². The number of carbonyl (C=O) groups excluding carboxylic acids is 1. The van der Waals surface area contributed by atoms with E-state index in [4.69, 9.17) is 4.74 Å². The van der Waals surface area contributed by atoms with E-state index in [0.29, 0.717) is 12.0 Å². The lowest BCUT2D eigenvalue weighted by atomic mass is 9.86. The highest BCUT2D eigenvalue weighted by Crippen LogP contribution is 2.23. The van der Waals surface area contributed by atoms with Crippen molar-refractivity contribution in [1.29, 1.82) is 0 Å². The quantitative estimate of drug-likeness (QED) is 0.727. The first-order valence-corrected chi connectivity index (χ1v) is 5.88. The molecule has 2 atom stereocenters. The lowest BCUT2D eigenvalue weighted by molar-refractivity contribution is 0.0473. The second-order valence-electron chi connectivity index (χ2n) is 5.51. The van der Waals surface area contributed by atoms with Gasteiger partial charge in [-0.2, -0.15) is 0 Å². The molecule has 1 N–H and O–H groups in total. The SMILES string of the molecule is CC1CCCC[C@H]1NC(=O)OC(C)(C)C. The molecule has 0 bridgehead atoms. The molecule has 1 aliphatic carbocycles. The zero-order valence-corrected chi connectivity index (χ0v) is 10.3. The van der Waals surface area contributed by atoms with Gasteiger partial charge in [0, 0.05) is 6.04 Å². The van der Waals surface area contributed by atoms with Crippen LogP contribution < -0.4 is 5.32 Å². The highest BCUT2D eigenvalue weighted by atomic mass is 16.6. The first-order valence-electron chi connectivity index (χ1n) is 5.88. The fourth-order valence-electron chi connectivity index (χ4n) is 1.99. The number of hydrogen-bond acceptors (Lipinski definition) is 2. The van der Waals surface area contributed by atoms with Crippen LogP contribution in [0.25, 0.3) is 0 Å². The topological polar surface area (TPSA) is 38.3 Å². The summed E-state index contributed by atoms with van der Waals surface area (Å²) >= 11 is 0. The second kappa shape index (κ2) is 4.86. The molecular weight excluding hydrogens is 190 g/mol. The maximum atomic E-state index is 11.5. The molecule has 0 saturated heterocycles. The van der Waals surface area contributed by atoms with E-state index in [1.54, 1.807) is 0 Å². The van der Waals surface area contributed by atoms with Crippen LogP contribution in [0.5, 0.6) is 0 Å². The number of carbonyl (C=O) groups is 1. The number of rotatable bonds is 1. The van der Waals surface area contributed by atoms with Crippen LogP contribution in [0.15, 0.2) is 0 Å². The fraction of sp³-hybridized carbons (Fsp3) is 0.917. The Morgan fingerprint density at radius 2 is 1.87 bits per heavy atom. The molecule has 3 nitrogen and oxygen atoms in total. The van der Waals surface area contributed by atoms with Crippen LogP contribution in [0, 0.1) is 5.92 Å². The summed E-state index contributed by atoms with van der Waals surface area (Å²) in [7, 11) is 0. The van der Waals surface area contributed by atoms with E-state index < -0.39 is 5.60 Å². The minimum Gasteiger partial charge on any atom is -0.444 e. The van der Waals surface area contributed by atoms with Gasteiger partial charge in [-0.3, -0.25) is 0 Å². The maximum absolute atomic E-state index is 11.5. The third-order valence-electron chi connectivity index (χ3n) is 2.81. The predicted molar refractivity (Wildman–Crippen MR) is 60.8 cm³/mol. The summed E-state index contributed by atoms with van der Waals surface area (Å²) in [6, 6.07) is 0.300. The molecule has 0 aromatic rings. The van der Waals surface area contributed by atoms with Gasteiger partial charge in [-0.25, -0.2) is 4.79 Å². The Labute approximate surface area is 92.6 Å². The molecule has 0 radical (unpaired) electrons. The van der Waals surface area contributed by atoms with Crippen molar-refractivity contribution in [2.45, 2.75) is 65.0 Å². The Morgan fingerprint density at radius 1 is 1.27 bits per heavy atom. The van der Waals surface area contributed by atoms with E-state index in [-0.39, 0.29) is 6.09 Å². The van der Waals surface area contributed by atoms with E-state index in [1.165, 1.54) is 19.3 Å². The molecule has 1 unspecified atom stereocenters. The van der Waals surface area contributed by atoms with E-state index in [2.05, 4.69) is 12.2 Å². The van der Waals surface area contributed by atoms with Crippen LogP contribution in [-0.2, 0) is 4.74 Å². The summed E-state index contributed by atoms with van der Waals surface area (Å²) in [5.41, 5.74) is -0.401. The van der Waals surface area contributed by atoms with Crippen molar-refractivity contribution in [3.8, 4) is 0 Å². The van der Waals surface area contributed by atoms with Gasteiger partial charge in [-0.15, -0.1) is 0 Å². The summed E-state index contributed by atoms with van der Waals surface area (Å²) in [6.45, 7) is 7.85. The van der Waals surface area contributed by atoms with Gasteiger partial charge in [0.1, 0.15) is 5.60 Å². The van der Waals surface area contributed by atoms with Gasteiger partial charge in [0.2, 0.25) is 0 Å². The lowest BCUT2D eigenvalue weighted by Crippen LogP contribution is -2.43. The van der Waals surface area contributed by atoms with E-state index in [1.807, 2.05) is 20.8 Å². The molecule has 0 aromatic carbocycles. The molecular formula is C12H23NO2. The van der Waals surface area contributed by atoms with Crippen molar-refractivity contribution in [2.24, 2.45) is 5.92 Å². The Bertz CT molecular complexity index is 220. The van der Waals surface area contributed by atoms with Crippen molar-refractivity contribution in [2.75, 3.05) is 0 Å². The van der Waals surface area contributed by atoms with Crippen molar-refractivity contribution < 1.29 is 9.53 Å². The first-order chi connectivity index (χ1) is 6.88. The van der Waals surface area contributed by atoms with Crippen molar-refractivity contribution in [1.82, 2.24) is 5.32 Å². The minimum absolute atomic E-state index is 0.277. The smallest absolute Gasteiger partial charge is 0.407 e. The number of alkyl carbamates (subject to hydrolysis) is 1. The summed E-state index contributed by atoms with van der Waals surface area (Å²) in [5, 5.41) is 2.96. The summed E-state index contributed by atoms with van der Waals surface area (Å²) < 4.78 is 5.24. The van der Waals surface area contributed by atoms with E-state index in [9.17, 15) is 4.79 Å². The molecule has 1 rings (SSSR count). The predicted octanol–water partition coefficient (Wildman–Crippen LogP) is 3.09. The molecule has 0 aliphatic heterocycles. The first kappa shape index (κ1) is 12.3. The molecule has 0 aromatic heterocycles. The van der Waals surface area contributed by atoms with Crippen molar-refractivity contribution in [3.63, 3.8) is 0 Å². The van der Waals surface area contributed by atoms with E-state index >= 15 is 0 Å². The van der Waals surface area contributed by atoms with Crippen LogP contribution in [0.2, 0.25) is 0 Å².